The standard InChI is InChI=1S/C18H20O2S/c1-18(2,3)15-6-8-16(9-7-15)20-13-17-14(5-4-11-19)10-12-21-17/h6-10,12,19H,11,13H2,1-3H3. The van der Waals surface area contributed by atoms with Gasteiger partial charge in [0.1, 0.15) is 19.0 Å². The predicted octanol–water partition coefficient (Wildman–Crippen LogP) is 3.97. The molecule has 0 saturated carbocycles. The maximum absolute atomic E-state index is 8.75. The van der Waals surface area contributed by atoms with Gasteiger partial charge in [-0.15, -0.1) is 11.3 Å². The molecule has 1 heterocycles. The first-order valence-corrected chi connectivity index (χ1v) is 7.78. The summed E-state index contributed by atoms with van der Waals surface area (Å²) in [7, 11) is 0. The quantitative estimate of drug-likeness (QED) is 0.869. The van der Waals surface area contributed by atoms with Crippen LogP contribution in [0.5, 0.6) is 5.75 Å². The Bertz CT molecular complexity index is 636. The summed E-state index contributed by atoms with van der Waals surface area (Å²) in [5, 5.41) is 10.7. The van der Waals surface area contributed by atoms with E-state index in [1.165, 1.54) is 5.56 Å². The van der Waals surface area contributed by atoms with Crippen LogP contribution in [0.2, 0.25) is 0 Å². The number of hydrogen-bond donors (Lipinski definition) is 1. The van der Waals surface area contributed by atoms with E-state index in [9.17, 15) is 0 Å². The molecule has 0 amide bonds. The topological polar surface area (TPSA) is 29.5 Å². The van der Waals surface area contributed by atoms with Gasteiger partial charge in [-0.1, -0.05) is 44.7 Å². The van der Waals surface area contributed by atoms with Gasteiger partial charge in [0.2, 0.25) is 0 Å². The van der Waals surface area contributed by atoms with Crippen LogP contribution in [0.25, 0.3) is 0 Å². The molecule has 2 aromatic rings. The summed E-state index contributed by atoms with van der Waals surface area (Å²) in [6.45, 7) is 6.97. The van der Waals surface area contributed by atoms with E-state index >= 15 is 0 Å². The summed E-state index contributed by atoms with van der Waals surface area (Å²) in [4.78, 5) is 1.08. The zero-order valence-corrected chi connectivity index (χ0v) is 13.5. The van der Waals surface area contributed by atoms with E-state index in [4.69, 9.17) is 9.84 Å². The Labute approximate surface area is 130 Å². The minimum Gasteiger partial charge on any atom is -0.488 e. The van der Waals surface area contributed by atoms with Crippen LogP contribution < -0.4 is 4.74 Å². The van der Waals surface area contributed by atoms with Gasteiger partial charge >= 0.3 is 0 Å². The first-order chi connectivity index (χ1) is 10.0. The van der Waals surface area contributed by atoms with Crippen molar-refractivity contribution in [2.75, 3.05) is 6.61 Å². The van der Waals surface area contributed by atoms with Gasteiger partial charge in [0.15, 0.2) is 0 Å². The number of aliphatic hydroxyl groups excluding tert-OH is 1. The minimum atomic E-state index is -0.121. The number of aliphatic hydroxyl groups is 1. The molecule has 0 bridgehead atoms. The van der Waals surface area contributed by atoms with Crippen LogP contribution in [0.15, 0.2) is 35.7 Å². The highest BCUT2D eigenvalue weighted by molar-refractivity contribution is 7.10. The Morgan fingerprint density at radius 2 is 1.86 bits per heavy atom. The molecular weight excluding hydrogens is 280 g/mol. The molecule has 0 radical (unpaired) electrons. The van der Waals surface area contributed by atoms with Gasteiger partial charge in [-0.2, -0.15) is 0 Å². The van der Waals surface area contributed by atoms with Gasteiger partial charge in [0, 0.05) is 5.56 Å². The smallest absolute Gasteiger partial charge is 0.124 e. The molecule has 110 valence electrons. The molecule has 0 aliphatic rings. The molecule has 1 N–H and O–H groups in total. The zero-order valence-electron chi connectivity index (χ0n) is 12.6. The second-order valence-corrected chi connectivity index (χ2v) is 6.78. The minimum absolute atomic E-state index is 0.121. The molecule has 0 unspecified atom stereocenters. The van der Waals surface area contributed by atoms with Crippen LogP contribution in [0.3, 0.4) is 0 Å². The summed E-state index contributed by atoms with van der Waals surface area (Å²) in [6, 6.07) is 10.2. The highest BCUT2D eigenvalue weighted by Crippen LogP contribution is 2.25. The van der Waals surface area contributed by atoms with Gasteiger partial charge in [0.05, 0.1) is 4.88 Å². The highest BCUT2D eigenvalue weighted by atomic mass is 32.1. The molecule has 0 spiro atoms. The monoisotopic (exact) mass is 300 g/mol. The van der Waals surface area contributed by atoms with Crippen LogP contribution in [-0.2, 0) is 12.0 Å². The summed E-state index contributed by atoms with van der Waals surface area (Å²) in [6.07, 6.45) is 0. The van der Waals surface area contributed by atoms with Gasteiger partial charge in [-0.3, -0.25) is 0 Å². The van der Waals surface area contributed by atoms with Crippen molar-refractivity contribution in [1.29, 1.82) is 0 Å². The summed E-state index contributed by atoms with van der Waals surface area (Å²) >= 11 is 1.62. The van der Waals surface area contributed by atoms with Gasteiger partial charge in [-0.05, 0) is 34.6 Å². The Morgan fingerprint density at radius 3 is 2.48 bits per heavy atom. The molecule has 0 atom stereocenters. The summed E-state index contributed by atoms with van der Waals surface area (Å²) in [5.74, 6) is 6.47. The van der Waals surface area contributed by atoms with Crippen LogP contribution in [0.4, 0.5) is 0 Å². The van der Waals surface area contributed by atoms with Crippen molar-refractivity contribution in [3.8, 4) is 17.6 Å². The molecule has 2 nitrogen and oxygen atoms in total. The maximum Gasteiger partial charge on any atom is 0.124 e. The number of benzene rings is 1. The number of ether oxygens (including phenoxy) is 1. The van der Waals surface area contributed by atoms with Crippen molar-refractivity contribution < 1.29 is 9.84 Å². The molecule has 0 fully saturated rings. The second-order valence-electron chi connectivity index (χ2n) is 5.78. The van der Waals surface area contributed by atoms with Crippen molar-refractivity contribution in [3.63, 3.8) is 0 Å². The van der Waals surface area contributed by atoms with E-state index in [0.29, 0.717) is 6.61 Å². The third-order valence-electron chi connectivity index (χ3n) is 3.14. The lowest BCUT2D eigenvalue weighted by Crippen LogP contribution is -2.10. The third-order valence-corrected chi connectivity index (χ3v) is 4.03. The van der Waals surface area contributed by atoms with Crippen molar-refractivity contribution in [2.24, 2.45) is 0 Å². The van der Waals surface area contributed by atoms with Crippen LogP contribution in [-0.4, -0.2) is 11.7 Å². The fourth-order valence-corrected chi connectivity index (χ4v) is 2.64. The molecule has 1 aromatic heterocycles. The maximum atomic E-state index is 8.75. The molecule has 0 aliphatic carbocycles. The molecule has 0 aliphatic heterocycles. The fraction of sp³-hybridized carbons (Fsp3) is 0.333. The first-order valence-electron chi connectivity index (χ1n) is 6.90. The van der Waals surface area contributed by atoms with Crippen molar-refractivity contribution >= 4 is 11.3 Å². The van der Waals surface area contributed by atoms with E-state index < -0.39 is 0 Å². The Kier molecular flexibility index (Phi) is 5.06. The lowest BCUT2D eigenvalue weighted by atomic mass is 9.87. The Morgan fingerprint density at radius 1 is 1.14 bits per heavy atom. The number of rotatable bonds is 3. The normalized spacial score (nSPS) is 10.9. The predicted molar refractivity (Wildman–Crippen MR) is 87.8 cm³/mol. The third kappa shape index (κ3) is 4.35. The van der Waals surface area contributed by atoms with Gasteiger partial charge < -0.3 is 9.84 Å². The highest BCUT2D eigenvalue weighted by Gasteiger charge is 2.13. The number of hydrogen-bond acceptors (Lipinski definition) is 3. The van der Waals surface area contributed by atoms with Crippen molar-refractivity contribution in [3.05, 3.63) is 51.7 Å². The van der Waals surface area contributed by atoms with Crippen LogP contribution >= 0.6 is 11.3 Å². The average molecular weight is 300 g/mol. The van der Waals surface area contributed by atoms with Crippen LogP contribution in [0.1, 0.15) is 36.8 Å². The SMILES string of the molecule is CC(C)(C)c1ccc(OCc2sccc2C#CCO)cc1. The summed E-state index contributed by atoms with van der Waals surface area (Å²) in [5.41, 5.74) is 2.38. The number of thiophene rings is 1. The molecule has 0 saturated heterocycles. The van der Waals surface area contributed by atoms with E-state index in [0.717, 1.165) is 16.2 Å². The molecule has 3 heteroatoms. The van der Waals surface area contributed by atoms with Crippen molar-refractivity contribution in [2.45, 2.75) is 32.8 Å². The van der Waals surface area contributed by atoms with Crippen molar-refractivity contribution in [1.82, 2.24) is 0 Å². The lowest BCUT2D eigenvalue weighted by Gasteiger charge is -2.19. The van der Waals surface area contributed by atoms with E-state index in [1.54, 1.807) is 11.3 Å². The van der Waals surface area contributed by atoms with Crippen LogP contribution in [0, 0.1) is 11.8 Å². The molecule has 21 heavy (non-hydrogen) atoms. The Balaban J connectivity index is 2.02. The fourth-order valence-electron chi connectivity index (χ4n) is 1.90. The average Bonchev–Trinajstić information content (AvgIpc) is 2.90. The summed E-state index contributed by atoms with van der Waals surface area (Å²) < 4.78 is 5.82. The zero-order chi connectivity index (χ0) is 15.3. The van der Waals surface area contributed by atoms with E-state index in [2.05, 4.69) is 44.7 Å². The van der Waals surface area contributed by atoms with Gasteiger partial charge in [0.25, 0.3) is 0 Å². The second kappa shape index (κ2) is 6.80. The van der Waals surface area contributed by atoms with E-state index in [1.807, 2.05) is 23.6 Å². The van der Waals surface area contributed by atoms with E-state index in [-0.39, 0.29) is 12.0 Å². The first kappa shape index (κ1) is 15.6. The molecular formula is C18H20O2S. The van der Waals surface area contributed by atoms with Gasteiger partial charge in [-0.25, -0.2) is 0 Å². The molecule has 2 rings (SSSR count). The lowest BCUT2D eigenvalue weighted by molar-refractivity contribution is 0.309. The Hall–Kier alpha value is -1.76. The largest absolute Gasteiger partial charge is 0.488 e. The molecule has 1 aromatic carbocycles.